The minimum atomic E-state index is 0.114. The van der Waals surface area contributed by atoms with E-state index in [-0.39, 0.29) is 5.91 Å². The van der Waals surface area contributed by atoms with Crippen molar-refractivity contribution < 1.29 is 14.3 Å². The third-order valence-electron chi connectivity index (χ3n) is 6.69. The lowest BCUT2D eigenvalue weighted by Gasteiger charge is -2.37. The molecule has 3 aliphatic heterocycles. The molecule has 0 aromatic heterocycles. The van der Waals surface area contributed by atoms with E-state index in [0.717, 1.165) is 93.4 Å². The molecule has 0 saturated carbocycles. The molecule has 1 saturated heterocycles. The molecule has 0 atom stereocenters. The van der Waals surface area contributed by atoms with Crippen LogP contribution in [0.2, 0.25) is 10.0 Å². The van der Waals surface area contributed by atoms with Crippen LogP contribution in [0, 0.1) is 0 Å². The van der Waals surface area contributed by atoms with Gasteiger partial charge >= 0.3 is 0 Å². The van der Waals surface area contributed by atoms with Crippen molar-refractivity contribution in [1.29, 1.82) is 0 Å². The van der Waals surface area contributed by atoms with Gasteiger partial charge in [-0.15, -0.1) is 0 Å². The lowest BCUT2D eigenvalue weighted by Crippen LogP contribution is -2.47. The highest BCUT2D eigenvalue weighted by Gasteiger charge is 2.26. The van der Waals surface area contributed by atoms with Crippen molar-refractivity contribution in [2.45, 2.75) is 19.3 Å². The van der Waals surface area contributed by atoms with Gasteiger partial charge in [-0.2, -0.15) is 0 Å². The van der Waals surface area contributed by atoms with Gasteiger partial charge in [-0.1, -0.05) is 29.3 Å². The third-order valence-corrected chi connectivity index (χ3v) is 7.15. The number of anilines is 1. The fourth-order valence-electron chi connectivity index (χ4n) is 4.89. The molecule has 1 fully saturated rings. The van der Waals surface area contributed by atoms with Gasteiger partial charge in [0, 0.05) is 60.9 Å². The van der Waals surface area contributed by atoms with Gasteiger partial charge in [0.25, 0.3) is 5.91 Å². The number of rotatable bonds is 6. The Morgan fingerprint density at radius 2 is 1.64 bits per heavy atom. The van der Waals surface area contributed by atoms with Gasteiger partial charge in [0.1, 0.15) is 13.2 Å². The first-order valence-electron chi connectivity index (χ1n) is 11.7. The number of halogens is 2. The Hall–Kier alpha value is -2.15. The number of hydrogen-bond acceptors (Lipinski definition) is 5. The molecule has 5 rings (SSSR count). The summed E-state index contributed by atoms with van der Waals surface area (Å²) in [7, 11) is 0. The van der Waals surface area contributed by atoms with Gasteiger partial charge in [-0.05, 0) is 49.6 Å². The van der Waals surface area contributed by atoms with E-state index in [0.29, 0.717) is 23.3 Å². The summed E-state index contributed by atoms with van der Waals surface area (Å²) in [5.74, 6) is 1.67. The average Bonchev–Trinajstić information content (AvgIpc) is 2.83. The van der Waals surface area contributed by atoms with Crippen molar-refractivity contribution in [3.8, 4) is 11.5 Å². The number of fused-ring (bicyclic) bond motifs is 2. The zero-order valence-corrected chi connectivity index (χ0v) is 20.2. The van der Waals surface area contributed by atoms with Gasteiger partial charge in [0.05, 0.1) is 5.69 Å². The maximum Gasteiger partial charge on any atom is 0.254 e. The maximum atomic E-state index is 12.8. The number of piperazine rings is 1. The molecule has 0 spiro atoms. The molecule has 3 aliphatic rings. The number of ether oxygens (including phenoxy) is 2. The highest BCUT2D eigenvalue weighted by atomic mass is 35.5. The minimum absolute atomic E-state index is 0.114. The summed E-state index contributed by atoms with van der Waals surface area (Å²) >= 11 is 12.4. The van der Waals surface area contributed by atoms with Crippen LogP contribution in [0.15, 0.2) is 30.3 Å². The number of unbranched alkanes of at least 4 members (excludes halogenated alkanes) is 1. The van der Waals surface area contributed by atoms with Gasteiger partial charge in [-0.3, -0.25) is 9.69 Å². The van der Waals surface area contributed by atoms with Crippen LogP contribution in [-0.4, -0.2) is 74.7 Å². The Kier molecular flexibility index (Phi) is 6.86. The monoisotopic (exact) mass is 489 g/mol. The Morgan fingerprint density at radius 3 is 2.48 bits per heavy atom. The largest absolute Gasteiger partial charge is 0.486 e. The molecule has 2 aromatic rings. The normalized spacial score (nSPS) is 18.4. The predicted octanol–water partition coefficient (Wildman–Crippen LogP) is 4.37. The number of hydrogen-bond donors (Lipinski definition) is 0. The van der Waals surface area contributed by atoms with E-state index < -0.39 is 0 Å². The molecule has 1 amide bonds. The second-order valence-corrected chi connectivity index (χ2v) is 9.70. The summed E-state index contributed by atoms with van der Waals surface area (Å²) in [4.78, 5) is 19.6. The summed E-state index contributed by atoms with van der Waals surface area (Å²) in [6.07, 6.45) is 2.99. The Labute approximate surface area is 204 Å². The molecular weight excluding hydrogens is 461 g/mol. The smallest absolute Gasteiger partial charge is 0.254 e. The number of carbonyl (C=O) groups is 1. The zero-order chi connectivity index (χ0) is 22.8. The van der Waals surface area contributed by atoms with E-state index in [1.54, 1.807) is 6.07 Å². The molecule has 0 aliphatic carbocycles. The van der Waals surface area contributed by atoms with Gasteiger partial charge in [-0.25, -0.2) is 0 Å². The van der Waals surface area contributed by atoms with Crippen LogP contribution in [0.25, 0.3) is 0 Å². The van der Waals surface area contributed by atoms with Crippen molar-refractivity contribution >= 4 is 34.8 Å². The minimum Gasteiger partial charge on any atom is -0.486 e. The standard InChI is InChI=1S/C25H29Cl2N3O3/c26-19-4-3-18-5-8-30(25(31)21(18)15-19)7-2-1-6-28-9-11-29(12-10-28)22-16-20(27)17-23-24(22)33-14-13-32-23/h3-4,15-17H,1-2,5-14H2. The Bertz CT molecular complexity index is 1020. The molecular formula is C25H29Cl2N3O3. The molecule has 0 N–H and O–H groups in total. The van der Waals surface area contributed by atoms with Crippen LogP contribution in [-0.2, 0) is 6.42 Å². The quantitative estimate of drug-likeness (QED) is 0.563. The van der Waals surface area contributed by atoms with Crippen LogP contribution in [0.1, 0.15) is 28.8 Å². The van der Waals surface area contributed by atoms with Crippen LogP contribution < -0.4 is 14.4 Å². The molecule has 0 bridgehead atoms. The fraction of sp³-hybridized carbons (Fsp3) is 0.480. The number of benzene rings is 2. The van der Waals surface area contributed by atoms with Crippen molar-refractivity contribution in [1.82, 2.24) is 9.80 Å². The molecule has 0 radical (unpaired) electrons. The highest BCUT2D eigenvalue weighted by Crippen LogP contribution is 2.42. The number of carbonyl (C=O) groups excluding carboxylic acids is 1. The maximum absolute atomic E-state index is 12.8. The van der Waals surface area contributed by atoms with Crippen LogP contribution in [0.5, 0.6) is 11.5 Å². The van der Waals surface area contributed by atoms with Crippen LogP contribution >= 0.6 is 23.2 Å². The molecule has 0 unspecified atom stereocenters. The molecule has 3 heterocycles. The first-order valence-corrected chi connectivity index (χ1v) is 12.5. The zero-order valence-electron chi connectivity index (χ0n) is 18.7. The van der Waals surface area contributed by atoms with E-state index in [4.69, 9.17) is 32.7 Å². The van der Waals surface area contributed by atoms with Crippen LogP contribution in [0.3, 0.4) is 0 Å². The van der Waals surface area contributed by atoms with Crippen LogP contribution in [0.4, 0.5) is 5.69 Å². The van der Waals surface area contributed by atoms with E-state index in [1.807, 2.05) is 29.2 Å². The molecule has 33 heavy (non-hydrogen) atoms. The number of amides is 1. The predicted molar refractivity (Wildman–Crippen MR) is 131 cm³/mol. The first kappa shape index (κ1) is 22.6. The topological polar surface area (TPSA) is 45.3 Å². The van der Waals surface area contributed by atoms with Crippen molar-refractivity contribution in [2.24, 2.45) is 0 Å². The van der Waals surface area contributed by atoms with Crippen molar-refractivity contribution in [3.05, 3.63) is 51.5 Å². The van der Waals surface area contributed by atoms with E-state index in [1.165, 1.54) is 0 Å². The van der Waals surface area contributed by atoms with Crippen molar-refractivity contribution in [3.63, 3.8) is 0 Å². The average molecular weight is 490 g/mol. The number of nitrogens with zero attached hydrogens (tertiary/aromatic N) is 3. The van der Waals surface area contributed by atoms with E-state index >= 15 is 0 Å². The summed E-state index contributed by atoms with van der Waals surface area (Å²) in [5, 5.41) is 1.30. The molecule has 8 heteroatoms. The van der Waals surface area contributed by atoms with Gasteiger partial charge < -0.3 is 19.3 Å². The second kappa shape index (κ2) is 10.00. The van der Waals surface area contributed by atoms with Crippen molar-refractivity contribution in [2.75, 3.05) is 63.9 Å². The lowest BCUT2D eigenvalue weighted by molar-refractivity contribution is 0.0735. The SMILES string of the molecule is O=C1c2cc(Cl)ccc2CCN1CCCCN1CCN(c2cc(Cl)cc3c2OCCO3)CC1. The summed E-state index contributed by atoms with van der Waals surface area (Å²) in [5.41, 5.74) is 2.90. The summed E-state index contributed by atoms with van der Waals surface area (Å²) in [6, 6.07) is 9.46. The lowest BCUT2D eigenvalue weighted by atomic mass is 9.99. The fourth-order valence-corrected chi connectivity index (χ4v) is 5.27. The Morgan fingerprint density at radius 1 is 0.848 bits per heavy atom. The Balaban J connectivity index is 1.08. The summed E-state index contributed by atoms with van der Waals surface area (Å²) in [6.45, 7) is 7.62. The van der Waals surface area contributed by atoms with E-state index in [9.17, 15) is 4.79 Å². The molecule has 176 valence electrons. The third kappa shape index (κ3) is 5.03. The second-order valence-electron chi connectivity index (χ2n) is 8.83. The molecule has 2 aromatic carbocycles. The van der Waals surface area contributed by atoms with E-state index in [2.05, 4.69) is 9.80 Å². The summed E-state index contributed by atoms with van der Waals surface area (Å²) < 4.78 is 11.6. The van der Waals surface area contributed by atoms with Gasteiger partial charge in [0.15, 0.2) is 11.5 Å². The molecule has 6 nitrogen and oxygen atoms in total. The van der Waals surface area contributed by atoms with Gasteiger partial charge in [0.2, 0.25) is 0 Å². The highest BCUT2D eigenvalue weighted by molar-refractivity contribution is 6.31. The first-order chi connectivity index (χ1) is 16.1.